The van der Waals surface area contributed by atoms with Crippen LogP contribution in [0.1, 0.15) is 54.9 Å². The Balaban J connectivity index is 1.99. The highest BCUT2D eigenvalue weighted by Gasteiger charge is 2.24. The van der Waals surface area contributed by atoms with Crippen LogP contribution in [0.2, 0.25) is 10.0 Å². The second kappa shape index (κ2) is 10.1. The Morgan fingerprint density at radius 1 is 0.828 bits per heavy atom. The van der Waals surface area contributed by atoms with Gasteiger partial charge in [-0.15, -0.1) is 0 Å². The van der Waals surface area contributed by atoms with E-state index in [1.165, 1.54) is 0 Å². The molecule has 0 spiro atoms. The van der Waals surface area contributed by atoms with E-state index >= 15 is 0 Å². The van der Waals surface area contributed by atoms with Crippen LogP contribution in [0.25, 0.3) is 0 Å². The monoisotopic (exact) mass is 432 g/mol. The van der Waals surface area contributed by atoms with Crippen LogP contribution < -0.4 is 4.90 Å². The maximum Gasteiger partial charge on any atom is 0.257 e. The van der Waals surface area contributed by atoms with Crippen molar-refractivity contribution in [1.82, 2.24) is 4.90 Å². The van der Waals surface area contributed by atoms with Crippen LogP contribution in [0.3, 0.4) is 0 Å². The Morgan fingerprint density at radius 2 is 1.45 bits per heavy atom. The number of nitrogens with zero attached hydrogens (tertiary/aromatic N) is 2. The van der Waals surface area contributed by atoms with Gasteiger partial charge in [-0.1, -0.05) is 66.7 Å². The summed E-state index contributed by atoms with van der Waals surface area (Å²) >= 11 is 12.6. The molecular formula is C23H26Cl2N2O2. The lowest BCUT2D eigenvalue weighted by Gasteiger charge is -2.29. The van der Waals surface area contributed by atoms with Gasteiger partial charge in [-0.05, 0) is 36.6 Å². The molecular weight excluding hydrogens is 407 g/mol. The van der Waals surface area contributed by atoms with Gasteiger partial charge in [0.2, 0.25) is 5.91 Å². The van der Waals surface area contributed by atoms with E-state index in [1.807, 2.05) is 29.2 Å². The fourth-order valence-electron chi connectivity index (χ4n) is 3.78. The van der Waals surface area contributed by atoms with Crippen LogP contribution in [0.5, 0.6) is 0 Å². The summed E-state index contributed by atoms with van der Waals surface area (Å²) < 4.78 is 0. The van der Waals surface area contributed by atoms with Crippen molar-refractivity contribution in [3.8, 4) is 0 Å². The number of hydrogen-bond donors (Lipinski definition) is 0. The van der Waals surface area contributed by atoms with Gasteiger partial charge in [0.25, 0.3) is 5.91 Å². The largest absolute Gasteiger partial charge is 0.334 e. The molecule has 0 saturated carbocycles. The van der Waals surface area contributed by atoms with Crippen molar-refractivity contribution in [2.75, 3.05) is 18.0 Å². The lowest BCUT2D eigenvalue weighted by molar-refractivity contribution is -0.116. The molecule has 0 fully saturated rings. The molecule has 29 heavy (non-hydrogen) atoms. The van der Waals surface area contributed by atoms with E-state index in [9.17, 15) is 9.59 Å². The molecule has 0 atom stereocenters. The van der Waals surface area contributed by atoms with E-state index in [0.29, 0.717) is 35.2 Å². The maximum absolute atomic E-state index is 13.4. The third-order valence-electron chi connectivity index (χ3n) is 5.30. The van der Waals surface area contributed by atoms with Crippen LogP contribution in [0, 0.1) is 0 Å². The van der Waals surface area contributed by atoms with Crippen LogP contribution in [-0.2, 0) is 11.3 Å². The number of halogens is 2. The Bertz CT molecular complexity index is 865. The lowest BCUT2D eigenvalue weighted by atomic mass is 10.1. The predicted molar refractivity (Wildman–Crippen MR) is 119 cm³/mol. The van der Waals surface area contributed by atoms with Crippen molar-refractivity contribution >= 4 is 40.7 Å². The summed E-state index contributed by atoms with van der Waals surface area (Å²) in [6.45, 7) is 3.31. The number of rotatable bonds is 1. The van der Waals surface area contributed by atoms with Crippen LogP contribution in [0.4, 0.5) is 5.69 Å². The second-order valence-corrected chi connectivity index (χ2v) is 8.20. The zero-order chi connectivity index (χ0) is 20.8. The number of carbonyl (C=O) groups is 2. The Hall–Kier alpha value is -2.04. The molecule has 0 unspecified atom stereocenters. The van der Waals surface area contributed by atoms with Gasteiger partial charge >= 0.3 is 0 Å². The predicted octanol–water partition coefficient (Wildman–Crippen LogP) is 5.95. The van der Waals surface area contributed by atoms with Crippen molar-refractivity contribution in [2.45, 2.75) is 45.6 Å². The topological polar surface area (TPSA) is 40.6 Å². The van der Waals surface area contributed by atoms with E-state index in [2.05, 4.69) is 0 Å². The summed E-state index contributed by atoms with van der Waals surface area (Å²) in [5.41, 5.74) is 2.15. The summed E-state index contributed by atoms with van der Waals surface area (Å²) in [7, 11) is 0. The first-order chi connectivity index (χ1) is 14.0. The van der Waals surface area contributed by atoms with Gasteiger partial charge in [0.15, 0.2) is 0 Å². The van der Waals surface area contributed by atoms with E-state index in [-0.39, 0.29) is 11.8 Å². The average molecular weight is 433 g/mol. The molecule has 1 heterocycles. The molecule has 2 aromatic rings. The van der Waals surface area contributed by atoms with Gasteiger partial charge < -0.3 is 9.80 Å². The normalized spacial score (nSPS) is 15.8. The first-order valence-corrected chi connectivity index (χ1v) is 10.8. The Morgan fingerprint density at radius 3 is 2.14 bits per heavy atom. The first-order valence-electron chi connectivity index (χ1n) is 10.1. The highest BCUT2D eigenvalue weighted by atomic mass is 35.5. The Kier molecular flexibility index (Phi) is 7.57. The number of fused-ring (bicyclic) bond motifs is 1. The number of benzene rings is 2. The fourth-order valence-corrected chi connectivity index (χ4v) is 4.34. The third kappa shape index (κ3) is 5.31. The van der Waals surface area contributed by atoms with Crippen LogP contribution in [0.15, 0.2) is 42.5 Å². The van der Waals surface area contributed by atoms with Crippen LogP contribution >= 0.6 is 23.2 Å². The minimum Gasteiger partial charge on any atom is -0.334 e. The minimum absolute atomic E-state index is 0.0153. The van der Waals surface area contributed by atoms with Crippen molar-refractivity contribution in [3.63, 3.8) is 0 Å². The van der Waals surface area contributed by atoms with Crippen molar-refractivity contribution in [1.29, 1.82) is 0 Å². The number of carbonyl (C=O) groups excluding carboxylic acids is 2. The average Bonchev–Trinajstić information content (AvgIpc) is 2.68. The van der Waals surface area contributed by atoms with Gasteiger partial charge in [0, 0.05) is 32.2 Å². The number of amides is 2. The Labute approximate surface area is 182 Å². The summed E-state index contributed by atoms with van der Waals surface area (Å²) in [6.07, 6.45) is 5.10. The van der Waals surface area contributed by atoms with Crippen LogP contribution in [-0.4, -0.2) is 29.8 Å². The van der Waals surface area contributed by atoms with E-state index in [4.69, 9.17) is 23.2 Å². The third-order valence-corrected chi connectivity index (χ3v) is 5.93. The number of anilines is 1. The molecule has 1 aliphatic heterocycles. The molecule has 0 bridgehead atoms. The standard InChI is InChI=1S/C23H26Cl2N2O2/c1-17(28)27-15-8-4-2-3-7-14-26(16-18-10-5-6-13-21(18)27)23(29)22-19(24)11-9-12-20(22)25/h5-6,9-13H,2-4,7-8,14-16H2,1H3. The van der Waals surface area contributed by atoms with E-state index < -0.39 is 0 Å². The fraction of sp³-hybridized carbons (Fsp3) is 0.391. The first kappa shape index (κ1) is 21.7. The zero-order valence-corrected chi connectivity index (χ0v) is 18.2. The smallest absolute Gasteiger partial charge is 0.257 e. The molecule has 0 radical (unpaired) electrons. The van der Waals surface area contributed by atoms with Gasteiger partial charge in [-0.3, -0.25) is 9.59 Å². The molecule has 154 valence electrons. The number of hydrogen-bond acceptors (Lipinski definition) is 2. The van der Waals surface area contributed by atoms with E-state index in [0.717, 1.165) is 43.4 Å². The molecule has 2 amide bonds. The molecule has 1 aliphatic rings. The SMILES string of the molecule is CC(=O)N1CCCCCCCN(C(=O)c2c(Cl)cccc2Cl)Cc2ccccc21. The minimum atomic E-state index is -0.179. The van der Waals surface area contributed by atoms with Crippen molar-refractivity contribution in [3.05, 3.63) is 63.6 Å². The van der Waals surface area contributed by atoms with Crippen molar-refractivity contribution in [2.24, 2.45) is 0 Å². The molecule has 0 N–H and O–H groups in total. The molecule has 3 rings (SSSR count). The number of para-hydroxylation sites is 1. The highest BCUT2D eigenvalue weighted by Crippen LogP contribution is 2.29. The van der Waals surface area contributed by atoms with Gasteiger partial charge in [-0.25, -0.2) is 0 Å². The van der Waals surface area contributed by atoms with Gasteiger partial charge in [0.1, 0.15) is 0 Å². The summed E-state index contributed by atoms with van der Waals surface area (Å²) in [5, 5.41) is 0.708. The van der Waals surface area contributed by atoms with Gasteiger partial charge in [0.05, 0.1) is 15.6 Å². The molecule has 0 aromatic heterocycles. The quantitative estimate of drug-likeness (QED) is 0.558. The molecule has 6 heteroatoms. The van der Waals surface area contributed by atoms with E-state index in [1.54, 1.807) is 30.0 Å². The van der Waals surface area contributed by atoms with Crippen molar-refractivity contribution < 1.29 is 9.59 Å². The lowest BCUT2D eigenvalue weighted by Crippen LogP contribution is -2.35. The summed E-state index contributed by atoms with van der Waals surface area (Å²) in [4.78, 5) is 29.3. The second-order valence-electron chi connectivity index (χ2n) is 7.39. The zero-order valence-electron chi connectivity index (χ0n) is 16.7. The van der Waals surface area contributed by atoms with Gasteiger partial charge in [-0.2, -0.15) is 0 Å². The summed E-state index contributed by atoms with van der Waals surface area (Å²) in [5.74, 6) is -0.164. The maximum atomic E-state index is 13.4. The molecule has 0 saturated heterocycles. The molecule has 0 aliphatic carbocycles. The molecule has 4 nitrogen and oxygen atoms in total. The summed E-state index contributed by atoms with van der Waals surface area (Å²) in [6, 6.07) is 12.9. The molecule has 2 aromatic carbocycles. The highest BCUT2D eigenvalue weighted by molar-refractivity contribution is 6.39.